The number of halogens is 2. The van der Waals surface area contributed by atoms with Gasteiger partial charge >= 0.3 is 6.09 Å². The number of rotatable bonds is 4. The van der Waals surface area contributed by atoms with Crippen molar-refractivity contribution in [1.29, 1.82) is 0 Å². The molecule has 1 saturated carbocycles. The van der Waals surface area contributed by atoms with Gasteiger partial charge in [0.1, 0.15) is 11.9 Å². The lowest BCUT2D eigenvalue weighted by Crippen LogP contribution is -2.41. The van der Waals surface area contributed by atoms with E-state index in [1.54, 1.807) is 12.1 Å². The summed E-state index contributed by atoms with van der Waals surface area (Å²) in [5.41, 5.74) is 0.459. The van der Waals surface area contributed by atoms with Gasteiger partial charge in [0, 0.05) is 18.2 Å². The van der Waals surface area contributed by atoms with E-state index in [0.29, 0.717) is 16.8 Å². The van der Waals surface area contributed by atoms with Crippen LogP contribution in [0.3, 0.4) is 0 Å². The normalized spacial score (nSPS) is 19.6. The SMILES string of the molecule is O=C(Nc1ccc(F)cc1)O[C@@H]1CCC[C@@H](NC(=O)c2ccc(Br)o2)C1. The first-order valence-corrected chi connectivity index (χ1v) is 9.08. The molecule has 26 heavy (non-hydrogen) atoms. The van der Waals surface area contributed by atoms with Crippen molar-refractivity contribution < 1.29 is 23.1 Å². The molecule has 6 nitrogen and oxygen atoms in total. The van der Waals surface area contributed by atoms with Gasteiger partial charge in [0.05, 0.1) is 0 Å². The molecule has 1 aromatic heterocycles. The zero-order chi connectivity index (χ0) is 18.5. The number of carbonyl (C=O) groups excluding carboxylic acids is 2. The van der Waals surface area contributed by atoms with E-state index in [-0.39, 0.29) is 29.6 Å². The zero-order valence-electron chi connectivity index (χ0n) is 13.8. The molecule has 1 aliphatic carbocycles. The summed E-state index contributed by atoms with van der Waals surface area (Å²) in [6.07, 6.45) is 2.02. The third kappa shape index (κ3) is 5.08. The number of nitrogens with one attached hydrogen (secondary N) is 2. The van der Waals surface area contributed by atoms with Gasteiger partial charge in [-0.3, -0.25) is 10.1 Å². The Balaban J connectivity index is 1.49. The van der Waals surface area contributed by atoms with Crippen molar-refractivity contribution in [3.63, 3.8) is 0 Å². The second-order valence-corrected chi connectivity index (χ2v) is 6.88. The van der Waals surface area contributed by atoms with E-state index in [9.17, 15) is 14.0 Å². The summed E-state index contributed by atoms with van der Waals surface area (Å²) in [5, 5.41) is 5.47. The summed E-state index contributed by atoms with van der Waals surface area (Å²) < 4.78 is 24.0. The Hall–Kier alpha value is -2.35. The van der Waals surface area contributed by atoms with Gasteiger partial charge < -0.3 is 14.5 Å². The Labute approximate surface area is 158 Å². The molecule has 0 saturated heterocycles. The molecule has 0 spiro atoms. The lowest BCUT2D eigenvalue weighted by atomic mass is 9.93. The molecule has 1 heterocycles. The Morgan fingerprint density at radius 3 is 2.62 bits per heavy atom. The molecule has 0 radical (unpaired) electrons. The topological polar surface area (TPSA) is 80.6 Å². The molecular weight excluding hydrogens is 407 g/mol. The van der Waals surface area contributed by atoms with Crippen molar-refractivity contribution in [3.05, 3.63) is 52.6 Å². The maximum Gasteiger partial charge on any atom is 0.411 e. The molecule has 1 aliphatic rings. The van der Waals surface area contributed by atoms with Crippen molar-refractivity contribution in [3.8, 4) is 0 Å². The van der Waals surface area contributed by atoms with E-state index in [0.717, 1.165) is 19.3 Å². The molecule has 2 atom stereocenters. The number of amides is 2. The number of benzene rings is 1. The molecule has 2 N–H and O–H groups in total. The summed E-state index contributed by atoms with van der Waals surface area (Å²) in [7, 11) is 0. The lowest BCUT2D eigenvalue weighted by molar-refractivity contribution is 0.0702. The van der Waals surface area contributed by atoms with E-state index in [1.165, 1.54) is 24.3 Å². The van der Waals surface area contributed by atoms with E-state index >= 15 is 0 Å². The van der Waals surface area contributed by atoms with E-state index < -0.39 is 6.09 Å². The molecule has 3 rings (SSSR count). The van der Waals surface area contributed by atoms with Crippen LogP contribution in [0.5, 0.6) is 0 Å². The lowest BCUT2D eigenvalue weighted by Gasteiger charge is -2.29. The zero-order valence-corrected chi connectivity index (χ0v) is 15.4. The van der Waals surface area contributed by atoms with E-state index in [2.05, 4.69) is 26.6 Å². The Bertz CT molecular complexity index is 778. The molecule has 0 aliphatic heterocycles. The molecule has 1 aromatic carbocycles. The van der Waals surface area contributed by atoms with Crippen LogP contribution in [0, 0.1) is 5.82 Å². The number of hydrogen-bond acceptors (Lipinski definition) is 4. The van der Waals surface area contributed by atoms with Gasteiger partial charge in [-0.2, -0.15) is 0 Å². The third-order valence-corrected chi connectivity index (χ3v) is 4.55. The largest absolute Gasteiger partial charge is 0.446 e. The molecule has 2 amide bonds. The van der Waals surface area contributed by atoms with Crippen LogP contribution in [0.4, 0.5) is 14.9 Å². The Kier molecular flexibility index (Phi) is 5.92. The van der Waals surface area contributed by atoms with Crippen LogP contribution in [0.15, 0.2) is 45.5 Å². The third-order valence-electron chi connectivity index (χ3n) is 4.12. The number of furan rings is 1. The number of hydrogen-bond donors (Lipinski definition) is 2. The minimum Gasteiger partial charge on any atom is -0.446 e. The van der Waals surface area contributed by atoms with Crippen LogP contribution in [0.1, 0.15) is 36.2 Å². The van der Waals surface area contributed by atoms with Gasteiger partial charge in [-0.05, 0) is 71.6 Å². The van der Waals surface area contributed by atoms with Crippen molar-refractivity contribution in [2.24, 2.45) is 0 Å². The van der Waals surface area contributed by atoms with Crippen molar-refractivity contribution >= 4 is 33.6 Å². The van der Waals surface area contributed by atoms with Gasteiger partial charge in [0.15, 0.2) is 10.4 Å². The minimum atomic E-state index is -0.594. The average molecular weight is 425 g/mol. The Morgan fingerprint density at radius 2 is 1.92 bits per heavy atom. The second kappa shape index (κ2) is 8.35. The van der Waals surface area contributed by atoms with Crippen LogP contribution < -0.4 is 10.6 Å². The van der Waals surface area contributed by atoms with Gasteiger partial charge in [0.2, 0.25) is 0 Å². The van der Waals surface area contributed by atoms with Crippen LogP contribution in [-0.4, -0.2) is 24.1 Å². The Morgan fingerprint density at radius 1 is 1.15 bits per heavy atom. The van der Waals surface area contributed by atoms with Crippen LogP contribution in [-0.2, 0) is 4.74 Å². The summed E-state index contributed by atoms with van der Waals surface area (Å²) in [4.78, 5) is 24.1. The monoisotopic (exact) mass is 424 g/mol. The number of ether oxygens (including phenoxy) is 1. The fraction of sp³-hybridized carbons (Fsp3) is 0.333. The van der Waals surface area contributed by atoms with Gasteiger partial charge in [0.25, 0.3) is 5.91 Å². The second-order valence-electron chi connectivity index (χ2n) is 6.10. The summed E-state index contributed by atoms with van der Waals surface area (Å²) in [6.45, 7) is 0. The van der Waals surface area contributed by atoms with Crippen molar-refractivity contribution in [2.45, 2.75) is 37.8 Å². The van der Waals surface area contributed by atoms with Crippen LogP contribution in [0.2, 0.25) is 0 Å². The minimum absolute atomic E-state index is 0.0938. The molecule has 8 heteroatoms. The maximum absolute atomic E-state index is 12.9. The fourth-order valence-corrected chi connectivity index (χ4v) is 3.21. The van der Waals surface area contributed by atoms with Crippen molar-refractivity contribution in [2.75, 3.05) is 5.32 Å². The number of anilines is 1. The maximum atomic E-state index is 12.9. The molecular formula is C18H18BrFN2O4. The smallest absolute Gasteiger partial charge is 0.411 e. The molecule has 2 aromatic rings. The predicted molar refractivity (Wildman–Crippen MR) is 96.4 cm³/mol. The highest BCUT2D eigenvalue weighted by Crippen LogP contribution is 2.23. The highest BCUT2D eigenvalue weighted by Gasteiger charge is 2.27. The average Bonchev–Trinajstić information content (AvgIpc) is 3.04. The highest BCUT2D eigenvalue weighted by atomic mass is 79.9. The summed E-state index contributed by atoms with van der Waals surface area (Å²) in [5.74, 6) is -0.440. The van der Waals surface area contributed by atoms with Crippen molar-refractivity contribution in [1.82, 2.24) is 5.32 Å². The van der Waals surface area contributed by atoms with Crippen LogP contribution >= 0.6 is 15.9 Å². The van der Waals surface area contributed by atoms with Gasteiger partial charge in [-0.25, -0.2) is 9.18 Å². The van der Waals surface area contributed by atoms with Crippen LogP contribution in [0.25, 0.3) is 0 Å². The summed E-state index contributed by atoms with van der Waals surface area (Å²) in [6, 6.07) is 8.59. The standard InChI is InChI=1S/C18H18BrFN2O4/c19-16-9-8-15(26-16)17(23)21-13-2-1-3-14(10-13)25-18(24)22-12-6-4-11(20)5-7-12/h4-9,13-14H,1-3,10H2,(H,21,23)(H,22,24)/t13-,14-/m1/s1. The van der Waals surface area contributed by atoms with Gasteiger partial charge in [-0.1, -0.05) is 0 Å². The van der Waals surface area contributed by atoms with E-state index in [4.69, 9.17) is 9.15 Å². The first-order valence-electron chi connectivity index (χ1n) is 8.29. The summed E-state index contributed by atoms with van der Waals surface area (Å²) >= 11 is 3.16. The quantitative estimate of drug-likeness (QED) is 0.758. The highest BCUT2D eigenvalue weighted by molar-refractivity contribution is 9.10. The molecule has 1 fully saturated rings. The molecule has 138 valence electrons. The predicted octanol–water partition coefficient (Wildman–Crippen LogP) is 4.47. The first kappa shape index (κ1) is 18.4. The first-order chi connectivity index (χ1) is 12.5. The molecule has 0 bridgehead atoms. The van der Waals surface area contributed by atoms with Gasteiger partial charge in [-0.15, -0.1) is 0 Å². The molecule has 0 unspecified atom stereocenters. The fourth-order valence-electron chi connectivity index (χ4n) is 2.91. The number of carbonyl (C=O) groups is 2. The van der Waals surface area contributed by atoms with E-state index in [1.807, 2.05) is 0 Å².